The molecule has 8 heteroatoms. The third-order valence-electron chi connectivity index (χ3n) is 2.93. The van der Waals surface area contributed by atoms with E-state index < -0.39 is 0 Å². The van der Waals surface area contributed by atoms with E-state index in [1.165, 1.54) is 40.0 Å². The van der Waals surface area contributed by atoms with Crippen molar-refractivity contribution in [2.45, 2.75) is 30.4 Å². The highest BCUT2D eigenvalue weighted by Gasteiger charge is 2.18. The van der Waals surface area contributed by atoms with E-state index in [2.05, 4.69) is 26.6 Å². The fraction of sp³-hybridized carbons (Fsp3) is 0.286. The Morgan fingerprint density at radius 1 is 1.27 bits per heavy atom. The van der Waals surface area contributed by atoms with Crippen molar-refractivity contribution in [1.82, 2.24) is 15.2 Å². The second-order valence-corrected chi connectivity index (χ2v) is 8.63. The number of carbonyl (C=O) groups excluding carboxylic acids is 1. The third kappa shape index (κ3) is 3.45. The maximum atomic E-state index is 12.3. The molecule has 0 saturated heterocycles. The zero-order valence-electron chi connectivity index (χ0n) is 12.3. The van der Waals surface area contributed by atoms with Crippen molar-refractivity contribution in [3.8, 4) is 0 Å². The molecule has 0 spiro atoms. The third-order valence-corrected chi connectivity index (χ3v) is 5.88. The first-order valence-electron chi connectivity index (χ1n) is 6.66. The number of fused-ring (bicyclic) bond motifs is 1. The summed E-state index contributed by atoms with van der Waals surface area (Å²) in [5.74, 6) is -0.0753. The van der Waals surface area contributed by atoms with E-state index in [4.69, 9.17) is 0 Å². The molecule has 3 aromatic rings. The summed E-state index contributed by atoms with van der Waals surface area (Å²) in [6.45, 7) is 5.80. The number of nitrogens with zero attached hydrogens (tertiary/aromatic N) is 3. The number of amides is 1. The standard InChI is InChI=1S/C14H14N4OS3/c1-7-4-5-10-11(6-7)22-13(15-10)16-12(19)8(2)20-14-18-17-9(3)21-14/h4-6,8H,1-3H3,(H,15,16,19). The summed E-state index contributed by atoms with van der Waals surface area (Å²) in [7, 11) is 0. The Morgan fingerprint density at radius 3 is 2.82 bits per heavy atom. The Hall–Kier alpha value is -1.51. The normalized spacial score (nSPS) is 12.5. The molecule has 2 aromatic heterocycles. The maximum absolute atomic E-state index is 12.3. The molecule has 1 unspecified atom stereocenters. The van der Waals surface area contributed by atoms with Gasteiger partial charge in [0.1, 0.15) is 5.01 Å². The molecule has 114 valence electrons. The highest BCUT2D eigenvalue weighted by atomic mass is 32.2. The number of thioether (sulfide) groups is 1. The van der Waals surface area contributed by atoms with E-state index >= 15 is 0 Å². The first-order chi connectivity index (χ1) is 10.5. The molecule has 0 fully saturated rings. The minimum atomic E-state index is -0.249. The summed E-state index contributed by atoms with van der Waals surface area (Å²) in [5.41, 5.74) is 2.09. The van der Waals surface area contributed by atoms with Gasteiger partial charge in [0.15, 0.2) is 9.47 Å². The maximum Gasteiger partial charge on any atom is 0.239 e. The minimum Gasteiger partial charge on any atom is -0.301 e. The van der Waals surface area contributed by atoms with Crippen molar-refractivity contribution in [2.75, 3.05) is 5.32 Å². The highest BCUT2D eigenvalue weighted by molar-refractivity contribution is 8.02. The topological polar surface area (TPSA) is 67.8 Å². The molecule has 0 aliphatic heterocycles. The fourth-order valence-corrected chi connectivity index (χ4v) is 4.75. The number of hydrogen-bond donors (Lipinski definition) is 1. The summed E-state index contributed by atoms with van der Waals surface area (Å²) in [4.78, 5) is 16.7. The van der Waals surface area contributed by atoms with Crippen molar-refractivity contribution in [3.63, 3.8) is 0 Å². The van der Waals surface area contributed by atoms with Crippen LogP contribution in [0.1, 0.15) is 17.5 Å². The molecule has 22 heavy (non-hydrogen) atoms. The molecular formula is C14H14N4OS3. The van der Waals surface area contributed by atoms with E-state index in [1.54, 1.807) is 0 Å². The number of hydrogen-bond acceptors (Lipinski definition) is 7. The van der Waals surface area contributed by atoms with Crippen molar-refractivity contribution in [1.29, 1.82) is 0 Å². The van der Waals surface area contributed by atoms with Crippen LogP contribution < -0.4 is 5.32 Å². The highest BCUT2D eigenvalue weighted by Crippen LogP contribution is 2.29. The molecule has 0 saturated carbocycles. The van der Waals surface area contributed by atoms with Crippen LogP contribution in [-0.2, 0) is 4.79 Å². The molecule has 1 atom stereocenters. The molecular weight excluding hydrogens is 336 g/mol. The molecule has 1 amide bonds. The van der Waals surface area contributed by atoms with Gasteiger partial charge in [0.05, 0.1) is 15.5 Å². The zero-order chi connectivity index (χ0) is 15.7. The predicted molar refractivity (Wildman–Crippen MR) is 93.0 cm³/mol. The number of carbonyl (C=O) groups is 1. The van der Waals surface area contributed by atoms with Gasteiger partial charge in [-0.05, 0) is 38.5 Å². The van der Waals surface area contributed by atoms with Gasteiger partial charge in [0.2, 0.25) is 5.91 Å². The SMILES string of the molecule is Cc1ccc2nc(NC(=O)C(C)Sc3nnc(C)s3)sc2c1. The van der Waals surface area contributed by atoms with E-state index in [0.717, 1.165) is 19.6 Å². The van der Waals surface area contributed by atoms with E-state index in [9.17, 15) is 4.79 Å². The van der Waals surface area contributed by atoms with Crippen LogP contribution in [0.4, 0.5) is 5.13 Å². The van der Waals surface area contributed by atoms with Crippen LogP contribution in [0.25, 0.3) is 10.2 Å². The number of benzene rings is 1. The average Bonchev–Trinajstić information content (AvgIpc) is 3.04. The van der Waals surface area contributed by atoms with Gasteiger partial charge in [0, 0.05) is 0 Å². The number of aromatic nitrogens is 3. The molecule has 1 aromatic carbocycles. The van der Waals surface area contributed by atoms with Crippen LogP contribution >= 0.6 is 34.4 Å². The molecule has 2 heterocycles. The van der Waals surface area contributed by atoms with Crippen molar-refractivity contribution in [2.24, 2.45) is 0 Å². The fourth-order valence-electron chi connectivity index (χ4n) is 1.82. The number of nitrogens with one attached hydrogen (secondary N) is 1. The van der Waals surface area contributed by atoms with Gasteiger partial charge in [0.25, 0.3) is 0 Å². The molecule has 0 radical (unpaired) electrons. The van der Waals surface area contributed by atoms with Crippen molar-refractivity contribution < 1.29 is 4.79 Å². The Morgan fingerprint density at radius 2 is 2.09 bits per heavy atom. The molecule has 0 aliphatic rings. The number of anilines is 1. The van der Waals surface area contributed by atoms with Gasteiger partial charge >= 0.3 is 0 Å². The quantitative estimate of drug-likeness (QED) is 0.723. The van der Waals surface area contributed by atoms with Crippen LogP contribution in [0.5, 0.6) is 0 Å². The predicted octanol–water partition coefficient (Wildman–Crippen LogP) is 3.88. The molecule has 1 N–H and O–H groups in total. The van der Waals surface area contributed by atoms with Crippen LogP contribution in [0.3, 0.4) is 0 Å². The summed E-state index contributed by atoms with van der Waals surface area (Å²) in [6, 6.07) is 6.06. The van der Waals surface area contributed by atoms with Crippen LogP contribution in [0, 0.1) is 13.8 Å². The van der Waals surface area contributed by atoms with Crippen LogP contribution in [-0.4, -0.2) is 26.3 Å². The molecule has 3 rings (SSSR count). The Labute approximate surface area is 140 Å². The van der Waals surface area contributed by atoms with E-state index in [-0.39, 0.29) is 11.2 Å². The summed E-state index contributed by atoms with van der Waals surface area (Å²) >= 11 is 4.39. The summed E-state index contributed by atoms with van der Waals surface area (Å²) < 4.78 is 1.88. The van der Waals surface area contributed by atoms with Crippen LogP contribution in [0.15, 0.2) is 22.5 Å². The Balaban J connectivity index is 1.69. The molecule has 0 aliphatic carbocycles. The van der Waals surface area contributed by atoms with Gasteiger partial charge in [-0.25, -0.2) is 4.98 Å². The number of thiazole rings is 1. The Kier molecular flexibility index (Phi) is 4.42. The number of rotatable bonds is 4. The second-order valence-electron chi connectivity index (χ2n) is 4.83. The van der Waals surface area contributed by atoms with E-state index in [0.29, 0.717) is 5.13 Å². The second kappa shape index (κ2) is 6.31. The monoisotopic (exact) mass is 350 g/mol. The lowest BCUT2D eigenvalue weighted by molar-refractivity contribution is -0.115. The smallest absolute Gasteiger partial charge is 0.239 e. The average molecular weight is 350 g/mol. The van der Waals surface area contributed by atoms with Gasteiger partial charge in [-0.2, -0.15) is 0 Å². The lowest BCUT2D eigenvalue weighted by Gasteiger charge is -2.07. The first-order valence-corrected chi connectivity index (χ1v) is 9.17. The van der Waals surface area contributed by atoms with Gasteiger partial charge < -0.3 is 5.32 Å². The molecule has 0 bridgehead atoms. The number of aryl methyl sites for hydroxylation is 2. The lowest BCUT2D eigenvalue weighted by Crippen LogP contribution is -2.22. The summed E-state index contributed by atoms with van der Waals surface area (Å²) in [6.07, 6.45) is 0. The summed E-state index contributed by atoms with van der Waals surface area (Å²) in [5, 5.41) is 12.1. The van der Waals surface area contributed by atoms with Gasteiger partial charge in [-0.1, -0.05) is 40.5 Å². The van der Waals surface area contributed by atoms with Crippen LogP contribution in [0.2, 0.25) is 0 Å². The lowest BCUT2D eigenvalue weighted by atomic mass is 10.2. The largest absolute Gasteiger partial charge is 0.301 e. The first kappa shape index (κ1) is 15.4. The van der Waals surface area contributed by atoms with Crippen molar-refractivity contribution >= 4 is 55.7 Å². The minimum absolute atomic E-state index is 0.0753. The van der Waals surface area contributed by atoms with Gasteiger partial charge in [-0.3, -0.25) is 4.79 Å². The zero-order valence-corrected chi connectivity index (χ0v) is 14.7. The van der Waals surface area contributed by atoms with Crippen molar-refractivity contribution in [3.05, 3.63) is 28.8 Å². The molecule has 5 nitrogen and oxygen atoms in total. The van der Waals surface area contributed by atoms with Gasteiger partial charge in [-0.15, -0.1) is 10.2 Å². The van der Waals surface area contributed by atoms with E-state index in [1.807, 2.05) is 32.9 Å². The Bertz CT molecular complexity index is 826.